The van der Waals surface area contributed by atoms with Crippen LogP contribution in [0.4, 0.5) is 0 Å². The summed E-state index contributed by atoms with van der Waals surface area (Å²) < 4.78 is 4.66. The number of rotatable bonds is 3. The molecule has 1 aliphatic heterocycles. The van der Waals surface area contributed by atoms with Gasteiger partial charge in [0.15, 0.2) is 5.54 Å². The molecule has 22 heavy (non-hydrogen) atoms. The fourth-order valence-corrected chi connectivity index (χ4v) is 2.66. The van der Waals surface area contributed by atoms with Crippen LogP contribution < -0.4 is 0 Å². The van der Waals surface area contributed by atoms with Gasteiger partial charge < -0.3 is 4.74 Å². The molecular weight excluding hydrogens is 280 g/mol. The highest BCUT2D eigenvalue weighted by molar-refractivity contribution is 5.88. The predicted octanol–water partition coefficient (Wildman–Crippen LogP) is 2.36. The highest BCUT2D eigenvalue weighted by Crippen LogP contribution is 2.40. The number of ether oxygens (including phenoxy) is 1. The average molecular weight is 296 g/mol. The van der Waals surface area contributed by atoms with Gasteiger partial charge >= 0.3 is 5.97 Å². The Hall–Kier alpha value is -2.87. The summed E-state index contributed by atoms with van der Waals surface area (Å²) in [5.74, 6) is -0.880. The van der Waals surface area contributed by atoms with Crippen molar-refractivity contribution in [3.05, 3.63) is 53.7 Å². The molecule has 1 amide bonds. The molecule has 2 rings (SSSR count). The quantitative estimate of drug-likeness (QED) is 0.634. The van der Waals surface area contributed by atoms with Crippen LogP contribution in [-0.4, -0.2) is 23.9 Å². The minimum Gasteiger partial charge on any atom is -0.466 e. The summed E-state index contributed by atoms with van der Waals surface area (Å²) in [5.41, 5.74) is 0.336. The molecule has 0 saturated heterocycles. The Balaban J connectivity index is 2.59. The highest BCUT2D eigenvalue weighted by Gasteiger charge is 2.44. The Kier molecular flexibility index (Phi) is 4.13. The van der Waals surface area contributed by atoms with Crippen molar-refractivity contribution >= 4 is 18.0 Å². The second kappa shape index (κ2) is 5.86. The number of methoxy groups -OCH3 is 1. The summed E-state index contributed by atoms with van der Waals surface area (Å²) >= 11 is 0. The summed E-state index contributed by atoms with van der Waals surface area (Å²) in [6.07, 6.45) is 3.32. The first kappa shape index (κ1) is 15.5. The van der Waals surface area contributed by atoms with Crippen molar-refractivity contribution in [3.63, 3.8) is 0 Å². The highest BCUT2D eigenvalue weighted by atomic mass is 16.5. The van der Waals surface area contributed by atoms with Crippen LogP contribution in [0.2, 0.25) is 0 Å². The van der Waals surface area contributed by atoms with E-state index in [0.717, 1.165) is 5.56 Å². The van der Waals surface area contributed by atoms with E-state index in [2.05, 4.69) is 17.4 Å². The van der Waals surface area contributed by atoms with Gasteiger partial charge in [0.25, 0.3) is 0 Å². The number of nitrogens with zero attached hydrogens (tertiary/aromatic N) is 2. The van der Waals surface area contributed by atoms with E-state index >= 15 is 0 Å². The van der Waals surface area contributed by atoms with Crippen molar-refractivity contribution in [3.8, 4) is 6.07 Å². The van der Waals surface area contributed by atoms with Crippen LogP contribution >= 0.6 is 0 Å². The van der Waals surface area contributed by atoms with Gasteiger partial charge in [0.05, 0.1) is 13.2 Å². The monoisotopic (exact) mass is 296 g/mol. The molecule has 1 atom stereocenters. The molecule has 1 aromatic rings. The lowest BCUT2D eigenvalue weighted by atomic mass is 9.79. The Labute approximate surface area is 129 Å². The van der Waals surface area contributed by atoms with Crippen molar-refractivity contribution in [2.45, 2.75) is 18.9 Å². The number of amides is 1. The summed E-state index contributed by atoms with van der Waals surface area (Å²) in [6, 6.07) is 9.48. The van der Waals surface area contributed by atoms with Crippen LogP contribution in [-0.2, 0) is 19.9 Å². The molecular formula is C17H16N2O3. The fraction of sp³-hybridized carbons (Fsp3) is 0.235. The molecule has 0 spiro atoms. The third-order valence-corrected chi connectivity index (χ3v) is 3.69. The molecule has 0 N–H and O–H groups in total. The second-order valence-corrected chi connectivity index (χ2v) is 5.04. The molecule has 112 valence electrons. The number of hydrogen-bond acceptors (Lipinski definition) is 4. The normalized spacial score (nSPS) is 19.0. The zero-order valence-electron chi connectivity index (χ0n) is 12.5. The molecule has 1 heterocycles. The van der Waals surface area contributed by atoms with E-state index in [0.29, 0.717) is 5.56 Å². The minimum absolute atomic E-state index is 0.0168. The van der Waals surface area contributed by atoms with Crippen LogP contribution in [0.15, 0.2) is 42.6 Å². The average Bonchev–Trinajstić information content (AvgIpc) is 2.53. The molecule has 0 fully saturated rings. The molecule has 1 aliphatic rings. The maximum atomic E-state index is 12.0. The summed E-state index contributed by atoms with van der Waals surface area (Å²) in [6.45, 7) is 5.07. The number of carbonyl (C=O) groups is 2. The Morgan fingerprint density at radius 2 is 2.09 bits per heavy atom. The smallest absolute Gasteiger partial charge is 0.333 e. The van der Waals surface area contributed by atoms with E-state index < -0.39 is 11.5 Å². The van der Waals surface area contributed by atoms with E-state index in [4.69, 9.17) is 0 Å². The number of nitriles is 1. The van der Waals surface area contributed by atoms with Crippen molar-refractivity contribution in [1.82, 2.24) is 4.90 Å². The van der Waals surface area contributed by atoms with Gasteiger partial charge in [0.1, 0.15) is 0 Å². The third kappa shape index (κ3) is 2.40. The van der Waals surface area contributed by atoms with Crippen molar-refractivity contribution in [2.75, 3.05) is 7.11 Å². The van der Waals surface area contributed by atoms with Gasteiger partial charge in [-0.25, -0.2) is 4.79 Å². The first-order valence-electron chi connectivity index (χ1n) is 6.71. The maximum absolute atomic E-state index is 12.0. The molecule has 0 radical (unpaired) electrons. The molecule has 5 nitrogen and oxygen atoms in total. The van der Waals surface area contributed by atoms with Crippen molar-refractivity contribution in [2.24, 2.45) is 0 Å². The second-order valence-electron chi connectivity index (χ2n) is 5.04. The number of carbonyl (C=O) groups excluding carboxylic acids is 2. The molecule has 1 aromatic carbocycles. The molecule has 0 aliphatic carbocycles. The Morgan fingerprint density at radius 1 is 1.41 bits per heavy atom. The lowest BCUT2D eigenvalue weighted by Gasteiger charge is -2.40. The minimum atomic E-state index is -1.30. The van der Waals surface area contributed by atoms with Crippen molar-refractivity contribution < 1.29 is 14.3 Å². The first-order chi connectivity index (χ1) is 10.5. The van der Waals surface area contributed by atoms with E-state index in [-0.39, 0.29) is 17.9 Å². The van der Waals surface area contributed by atoms with Gasteiger partial charge in [-0.1, -0.05) is 30.8 Å². The fourth-order valence-electron chi connectivity index (χ4n) is 2.66. The summed E-state index contributed by atoms with van der Waals surface area (Å²) in [5, 5.41) is 9.84. The standard InChI is InChI=1S/C17H16N2O3/c1-12(16(21)22-3)10-17(11-18)15-7-5-4-6-14(15)8-9-19(17)13(2)20/h4-9H,1,10H2,2-3H3. The van der Waals surface area contributed by atoms with Gasteiger partial charge in [-0.2, -0.15) is 5.26 Å². The van der Waals surface area contributed by atoms with Crippen molar-refractivity contribution in [1.29, 1.82) is 5.26 Å². The predicted molar refractivity (Wildman–Crippen MR) is 81.1 cm³/mol. The maximum Gasteiger partial charge on any atom is 0.333 e. The topological polar surface area (TPSA) is 70.4 Å². The van der Waals surface area contributed by atoms with Crippen LogP contribution in [0.25, 0.3) is 6.08 Å². The molecule has 1 unspecified atom stereocenters. The lowest BCUT2D eigenvalue weighted by molar-refractivity contribution is -0.137. The molecule has 0 aromatic heterocycles. The van der Waals surface area contributed by atoms with E-state index in [1.54, 1.807) is 24.4 Å². The zero-order chi connectivity index (χ0) is 16.3. The van der Waals surface area contributed by atoms with E-state index in [1.165, 1.54) is 18.9 Å². The Bertz CT molecular complexity index is 715. The largest absolute Gasteiger partial charge is 0.466 e. The van der Waals surface area contributed by atoms with Crippen LogP contribution in [0.3, 0.4) is 0 Å². The van der Waals surface area contributed by atoms with Gasteiger partial charge in [-0.3, -0.25) is 9.69 Å². The van der Waals surface area contributed by atoms with E-state index in [9.17, 15) is 14.9 Å². The van der Waals surface area contributed by atoms with Gasteiger partial charge in [0, 0.05) is 25.1 Å². The van der Waals surface area contributed by atoms with Gasteiger partial charge in [0.2, 0.25) is 5.91 Å². The molecule has 0 saturated carbocycles. The van der Waals surface area contributed by atoms with Crippen LogP contribution in [0.5, 0.6) is 0 Å². The lowest BCUT2D eigenvalue weighted by Crippen LogP contribution is -2.47. The summed E-state index contributed by atoms with van der Waals surface area (Å²) in [4.78, 5) is 25.0. The number of hydrogen-bond donors (Lipinski definition) is 0. The first-order valence-corrected chi connectivity index (χ1v) is 6.71. The zero-order valence-corrected chi connectivity index (χ0v) is 12.5. The van der Waals surface area contributed by atoms with Crippen LogP contribution in [0.1, 0.15) is 24.5 Å². The SMILES string of the molecule is C=C(CC1(C#N)c2ccccc2C=CN1C(C)=O)C(=O)OC. The molecule has 0 bridgehead atoms. The Morgan fingerprint density at radius 3 is 2.68 bits per heavy atom. The summed E-state index contributed by atoms with van der Waals surface area (Å²) in [7, 11) is 1.25. The number of benzene rings is 1. The third-order valence-electron chi connectivity index (χ3n) is 3.69. The number of esters is 1. The molecule has 5 heteroatoms. The van der Waals surface area contributed by atoms with Crippen LogP contribution in [0, 0.1) is 11.3 Å². The van der Waals surface area contributed by atoms with Gasteiger partial charge in [-0.15, -0.1) is 0 Å². The number of fused-ring (bicyclic) bond motifs is 1. The van der Waals surface area contributed by atoms with E-state index in [1.807, 2.05) is 12.1 Å². The van der Waals surface area contributed by atoms with Gasteiger partial charge in [-0.05, 0) is 17.2 Å².